The van der Waals surface area contributed by atoms with Crippen LogP contribution >= 0.6 is 11.3 Å². The van der Waals surface area contributed by atoms with Crippen molar-refractivity contribution in [2.45, 2.75) is 0 Å². The van der Waals surface area contributed by atoms with Gasteiger partial charge in [-0.1, -0.05) is 12.1 Å². The zero-order valence-corrected chi connectivity index (χ0v) is 10.9. The predicted molar refractivity (Wildman–Crippen MR) is 79.5 cm³/mol. The molecule has 0 radical (unpaired) electrons. The van der Waals surface area contributed by atoms with Gasteiger partial charge in [0.2, 0.25) is 0 Å². The SMILES string of the molecule is Nc1cccc(Nc2nc(-c3ccccn3)cs2)c1. The molecule has 0 atom stereocenters. The summed E-state index contributed by atoms with van der Waals surface area (Å²) < 4.78 is 0. The number of thiazole rings is 1. The van der Waals surface area contributed by atoms with E-state index in [9.17, 15) is 0 Å². The number of hydrogen-bond donors (Lipinski definition) is 2. The van der Waals surface area contributed by atoms with Crippen molar-refractivity contribution >= 4 is 27.8 Å². The van der Waals surface area contributed by atoms with Crippen molar-refractivity contribution in [3.05, 3.63) is 54.0 Å². The summed E-state index contributed by atoms with van der Waals surface area (Å²) in [6.07, 6.45) is 1.76. The molecule has 0 unspecified atom stereocenters. The van der Waals surface area contributed by atoms with E-state index in [4.69, 9.17) is 5.73 Å². The Balaban J connectivity index is 1.82. The molecule has 3 N–H and O–H groups in total. The van der Waals surface area contributed by atoms with Gasteiger partial charge in [0.25, 0.3) is 0 Å². The van der Waals surface area contributed by atoms with Crippen LogP contribution in [-0.2, 0) is 0 Å². The van der Waals surface area contributed by atoms with Crippen LogP contribution in [0.2, 0.25) is 0 Å². The average Bonchev–Trinajstić information content (AvgIpc) is 2.88. The Labute approximate surface area is 115 Å². The van der Waals surface area contributed by atoms with Crippen LogP contribution < -0.4 is 11.1 Å². The molecular weight excluding hydrogens is 256 g/mol. The van der Waals surface area contributed by atoms with Crippen LogP contribution in [0, 0.1) is 0 Å². The van der Waals surface area contributed by atoms with Crippen molar-refractivity contribution in [3.8, 4) is 11.4 Å². The van der Waals surface area contributed by atoms with Gasteiger partial charge in [-0.25, -0.2) is 4.98 Å². The third-order valence-corrected chi connectivity index (χ3v) is 3.33. The van der Waals surface area contributed by atoms with E-state index in [-0.39, 0.29) is 0 Å². The summed E-state index contributed by atoms with van der Waals surface area (Å²) in [7, 11) is 0. The standard InChI is InChI=1S/C14H12N4S/c15-10-4-3-5-11(8-10)17-14-18-13(9-19-14)12-6-1-2-7-16-12/h1-9H,15H2,(H,17,18). The van der Waals surface area contributed by atoms with Gasteiger partial charge in [-0.05, 0) is 30.3 Å². The second kappa shape index (κ2) is 5.07. The van der Waals surface area contributed by atoms with E-state index in [2.05, 4.69) is 15.3 Å². The Morgan fingerprint density at radius 2 is 2.00 bits per heavy atom. The van der Waals surface area contributed by atoms with Crippen LogP contribution in [0.1, 0.15) is 0 Å². The maximum absolute atomic E-state index is 5.74. The average molecular weight is 268 g/mol. The molecule has 0 aliphatic rings. The van der Waals surface area contributed by atoms with Crippen molar-refractivity contribution in [3.63, 3.8) is 0 Å². The number of aromatic nitrogens is 2. The van der Waals surface area contributed by atoms with Gasteiger partial charge >= 0.3 is 0 Å². The molecule has 1 aromatic carbocycles. The van der Waals surface area contributed by atoms with Crippen LogP contribution in [-0.4, -0.2) is 9.97 Å². The van der Waals surface area contributed by atoms with E-state index in [0.717, 1.165) is 27.9 Å². The zero-order chi connectivity index (χ0) is 13.1. The summed E-state index contributed by atoms with van der Waals surface area (Å²) in [5.74, 6) is 0. The Morgan fingerprint density at radius 3 is 2.79 bits per heavy atom. The quantitative estimate of drug-likeness (QED) is 0.713. The van der Waals surface area contributed by atoms with E-state index in [1.54, 1.807) is 17.5 Å². The molecule has 5 heteroatoms. The number of nitrogens with zero attached hydrogens (tertiary/aromatic N) is 2. The van der Waals surface area contributed by atoms with Gasteiger partial charge in [-0.15, -0.1) is 11.3 Å². The molecule has 0 aliphatic carbocycles. The number of hydrogen-bond acceptors (Lipinski definition) is 5. The van der Waals surface area contributed by atoms with E-state index < -0.39 is 0 Å². The highest BCUT2D eigenvalue weighted by Crippen LogP contribution is 2.26. The predicted octanol–water partition coefficient (Wildman–Crippen LogP) is 3.53. The Bertz CT molecular complexity index is 679. The van der Waals surface area contributed by atoms with E-state index >= 15 is 0 Å². The van der Waals surface area contributed by atoms with Crippen LogP contribution in [0.4, 0.5) is 16.5 Å². The van der Waals surface area contributed by atoms with E-state index in [1.807, 2.05) is 47.8 Å². The van der Waals surface area contributed by atoms with Gasteiger partial charge in [-0.2, -0.15) is 0 Å². The molecule has 94 valence electrons. The largest absolute Gasteiger partial charge is 0.399 e. The highest BCUT2D eigenvalue weighted by molar-refractivity contribution is 7.14. The molecule has 19 heavy (non-hydrogen) atoms. The highest BCUT2D eigenvalue weighted by Gasteiger charge is 2.05. The molecule has 0 saturated carbocycles. The van der Waals surface area contributed by atoms with Gasteiger partial charge in [-0.3, -0.25) is 4.98 Å². The molecular formula is C14H12N4S. The summed E-state index contributed by atoms with van der Waals surface area (Å²) >= 11 is 1.54. The molecule has 3 aromatic rings. The minimum Gasteiger partial charge on any atom is -0.399 e. The van der Waals surface area contributed by atoms with Crippen LogP contribution in [0.5, 0.6) is 0 Å². The molecule has 0 fully saturated rings. The third kappa shape index (κ3) is 2.71. The van der Waals surface area contributed by atoms with Gasteiger partial charge in [0.1, 0.15) is 5.69 Å². The smallest absolute Gasteiger partial charge is 0.187 e. The lowest BCUT2D eigenvalue weighted by atomic mass is 10.3. The van der Waals surface area contributed by atoms with Crippen LogP contribution in [0.15, 0.2) is 54.0 Å². The summed E-state index contributed by atoms with van der Waals surface area (Å²) in [4.78, 5) is 8.79. The van der Waals surface area contributed by atoms with Crippen molar-refractivity contribution in [2.24, 2.45) is 0 Å². The second-order valence-electron chi connectivity index (χ2n) is 4.00. The monoisotopic (exact) mass is 268 g/mol. The number of pyridine rings is 1. The van der Waals surface area contributed by atoms with Gasteiger partial charge in [0.15, 0.2) is 5.13 Å². The lowest BCUT2D eigenvalue weighted by Crippen LogP contribution is -1.91. The molecule has 4 nitrogen and oxygen atoms in total. The Hall–Kier alpha value is -2.40. The van der Waals surface area contributed by atoms with Crippen molar-refractivity contribution in [2.75, 3.05) is 11.1 Å². The van der Waals surface area contributed by atoms with Crippen molar-refractivity contribution in [1.82, 2.24) is 9.97 Å². The Morgan fingerprint density at radius 1 is 1.05 bits per heavy atom. The summed E-state index contributed by atoms with van der Waals surface area (Å²) in [6.45, 7) is 0. The van der Waals surface area contributed by atoms with Gasteiger partial charge < -0.3 is 11.1 Å². The van der Waals surface area contributed by atoms with Crippen LogP contribution in [0.3, 0.4) is 0 Å². The molecule has 0 bridgehead atoms. The fourth-order valence-corrected chi connectivity index (χ4v) is 2.43. The van der Waals surface area contributed by atoms with E-state index in [1.165, 1.54) is 0 Å². The maximum Gasteiger partial charge on any atom is 0.187 e. The van der Waals surface area contributed by atoms with Gasteiger partial charge in [0.05, 0.1) is 5.69 Å². The molecule has 0 amide bonds. The van der Waals surface area contributed by atoms with Crippen molar-refractivity contribution < 1.29 is 0 Å². The lowest BCUT2D eigenvalue weighted by Gasteiger charge is -2.02. The molecule has 3 rings (SSSR count). The first-order valence-electron chi connectivity index (χ1n) is 5.81. The number of benzene rings is 1. The molecule has 0 spiro atoms. The minimum atomic E-state index is 0.728. The second-order valence-corrected chi connectivity index (χ2v) is 4.86. The number of rotatable bonds is 3. The van der Waals surface area contributed by atoms with E-state index in [0.29, 0.717) is 0 Å². The molecule has 2 heterocycles. The number of nitrogens with two attached hydrogens (primary N) is 1. The minimum absolute atomic E-state index is 0.728. The first kappa shape index (κ1) is 11.7. The first-order chi connectivity index (χ1) is 9.31. The summed E-state index contributed by atoms with van der Waals surface area (Å²) in [6, 6.07) is 13.4. The highest BCUT2D eigenvalue weighted by atomic mass is 32.1. The Kier molecular flexibility index (Phi) is 3.12. The molecule has 0 aliphatic heterocycles. The van der Waals surface area contributed by atoms with Crippen molar-refractivity contribution in [1.29, 1.82) is 0 Å². The molecule has 2 aromatic heterocycles. The summed E-state index contributed by atoms with van der Waals surface area (Å²) in [5, 5.41) is 6.04. The third-order valence-electron chi connectivity index (χ3n) is 2.57. The fraction of sp³-hybridized carbons (Fsp3) is 0. The number of nitrogens with one attached hydrogen (secondary N) is 1. The molecule has 0 saturated heterocycles. The first-order valence-corrected chi connectivity index (χ1v) is 6.69. The maximum atomic E-state index is 5.74. The normalized spacial score (nSPS) is 10.3. The summed E-state index contributed by atoms with van der Waals surface area (Å²) in [5.41, 5.74) is 9.15. The van der Waals surface area contributed by atoms with Gasteiger partial charge in [0, 0.05) is 23.0 Å². The fourth-order valence-electron chi connectivity index (χ4n) is 1.70. The number of nitrogen functional groups attached to an aromatic ring is 1. The number of anilines is 3. The lowest BCUT2D eigenvalue weighted by molar-refractivity contribution is 1.28. The van der Waals surface area contributed by atoms with Crippen LogP contribution in [0.25, 0.3) is 11.4 Å². The topological polar surface area (TPSA) is 63.8 Å². The zero-order valence-electron chi connectivity index (χ0n) is 10.1.